The molecule has 6 nitrogen and oxygen atoms in total. The van der Waals surface area contributed by atoms with Gasteiger partial charge in [0.15, 0.2) is 12.5 Å². The highest BCUT2D eigenvalue weighted by molar-refractivity contribution is 7.19. The first-order valence-corrected chi connectivity index (χ1v) is 9.28. The van der Waals surface area contributed by atoms with Crippen molar-refractivity contribution in [1.29, 1.82) is 0 Å². The number of aliphatic hydroxyl groups excluding tert-OH is 1. The lowest BCUT2D eigenvalue weighted by Gasteiger charge is -2.32. The summed E-state index contributed by atoms with van der Waals surface area (Å²) in [4.78, 5) is 12.9. The topological polar surface area (TPSA) is 67.7 Å². The zero-order valence-corrected chi connectivity index (χ0v) is 15.3. The van der Waals surface area contributed by atoms with Crippen molar-refractivity contribution in [2.75, 3.05) is 20.9 Å². The van der Waals surface area contributed by atoms with Crippen molar-refractivity contribution in [2.45, 2.75) is 51.2 Å². The quantitative estimate of drug-likeness (QED) is 0.807. The van der Waals surface area contributed by atoms with Crippen molar-refractivity contribution < 1.29 is 14.6 Å². The number of aryl methyl sites for hydroxylation is 1. The van der Waals surface area contributed by atoms with Gasteiger partial charge in [-0.1, -0.05) is 6.92 Å². The Hall–Kier alpha value is -1.44. The second-order valence-corrected chi connectivity index (χ2v) is 7.44. The first kappa shape index (κ1) is 17.4. The van der Waals surface area contributed by atoms with Crippen molar-refractivity contribution in [3.63, 3.8) is 0 Å². The number of aromatic nitrogens is 2. The van der Waals surface area contributed by atoms with Gasteiger partial charge in [-0.05, 0) is 46.2 Å². The lowest BCUT2D eigenvalue weighted by Crippen LogP contribution is -2.35. The molecule has 0 bridgehead atoms. The molecule has 0 saturated heterocycles. The highest BCUT2D eigenvalue weighted by atomic mass is 32.1. The van der Waals surface area contributed by atoms with Gasteiger partial charge in [0.25, 0.3) is 0 Å². The van der Waals surface area contributed by atoms with Gasteiger partial charge in [0.1, 0.15) is 22.6 Å². The monoisotopic (exact) mass is 351 g/mol. The smallest absolute Gasteiger partial charge is 0.229 e. The summed E-state index contributed by atoms with van der Waals surface area (Å²) in [5.41, 5.74) is 0. The fraction of sp³-hybridized carbons (Fsp3) is 0.647. The summed E-state index contributed by atoms with van der Waals surface area (Å²) in [5.74, 6) is 1.24. The minimum absolute atomic E-state index is 0.172. The molecule has 2 aromatic heterocycles. The van der Waals surface area contributed by atoms with Crippen LogP contribution < -0.4 is 9.47 Å². The molecule has 1 aliphatic rings. The van der Waals surface area contributed by atoms with E-state index >= 15 is 0 Å². The predicted octanol–water partition coefficient (Wildman–Crippen LogP) is 2.83. The van der Waals surface area contributed by atoms with E-state index in [-0.39, 0.29) is 12.9 Å². The second-order valence-electron chi connectivity index (χ2n) is 6.35. The molecule has 2 heterocycles. The van der Waals surface area contributed by atoms with Gasteiger partial charge in [0.2, 0.25) is 5.88 Å². The zero-order valence-electron chi connectivity index (χ0n) is 14.5. The third-order valence-corrected chi connectivity index (χ3v) is 5.88. The van der Waals surface area contributed by atoms with Crippen LogP contribution in [0.4, 0.5) is 0 Å². The van der Waals surface area contributed by atoms with E-state index in [1.165, 1.54) is 0 Å². The first-order valence-electron chi connectivity index (χ1n) is 8.47. The Morgan fingerprint density at radius 3 is 2.62 bits per heavy atom. The molecule has 0 unspecified atom stereocenters. The van der Waals surface area contributed by atoms with Gasteiger partial charge in [-0.2, -0.15) is 0 Å². The minimum atomic E-state index is -0.360. The molecule has 1 fully saturated rings. The van der Waals surface area contributed by atoms with Gasteiger partial charge in [0, 0.05) is 10.9 Å². The maximum Gasteiger partial charge on any atom is 0.229 e. The summed E-state index contributed by atoms with van der Waals surface area (Å²) < 4.78 is 11.7. The lowest BCUT2D eigenvalue weighted by atomic mass is 9.92. The summed E-state index contributed by atoms with van der Waals surface area (Å²) in [6.07, 6.45) is 6.85. The largest absolute Gasteiger partial charge is 0.474 e. The molecule has 1 aliphatic carbocycles. The molecule has 0 radical (unpaired) electrons. The van der Waals surface area contributed by atoms with Gasteiger partial charge in [-0.15, -0.1) is 11.3 Å². The van der Waals surface area contributed by atoms with E-state index in [4.69, 9.17) is 9.47 Å². The number of hydrogen-bond donors (Lipinski definition) is 1. The molecule has 132 valence electrons. The Kier molecular flexibility index (Phi) is 5.53. The van der Waals surface area contributed by atoms with Crippen LogP contribution in [0.1, 0.15) is 37.5 Å². The highest BCUT2D eigenvalue weighted by Gasteiger charge is 2.26. The van der Waals surface area contributed by atoms with Crippen LogP contribution in [-0.4, -0.2) is 53.0 Å². The van der Waals surface area contributed by atoms with E-state index in [1.807, 2.05) is 0 Å². The van der Waals surface area contributed by atoms with E-state index in [0.717, 1.165) is 47.2 Å². The van der Waals surface area contributed by atoms with E-state index in [0.29, 0.717) is 17.7 Å². The summed E-state index contributed by atoms with van der Waals surface area (Å²) in [6, 6.07) is 0.636. The molecule has 1 saturated carbocycles. The SMILES string of the molecule is CCc1sc2ncnc(O[C@H]3CC[C@H](N(C)C)CC3)c2c1OCO. The van der Waals surface area contributed by atoms with Gasteiger partial charge in [0.05, 0.1) is 0 Å². The first-order chi connectivity index (χ1) is 11.6. The molecule has 24 heavy (non-hydrogen) atoms. The Morgan fingerprint density at radius 2 is 2.00 bits per heavy atom. The standard InChI is InChI=1S/C17H25N3O3S/c1-4-13-15(22-10-21)14-16(18-9-19-17(14)24-13)23-12-7-5-11(6-8-12)20(2)3/h9,11-12,21H,4-8,10H2,1-3H3/t11-,12-. The highest BCUT2D eigenvalue weighted by Crippen LogP contribution is 2.42. The normalized spacial score (nSPS) is 21.4. The van der Waals surface area contributed by atoms with Gasteiger partial charge in [-0.25, -0.2) is 9.97 Å². The van der Waals surface area contributed by atoms with Gasteiger partial charge in [-0.3, -0.25) is 0 Å². The number of hydrogen-bond acceptors (Lipinski definition) is 7. The van der Waals surface area contributed by atoms with Gasteiger partial charge < -0.3 is 19.5 Å². The van der Waals surface area contributed by atoms with Crippen molar-refractivity contribution >= 4 is 21.6 Å². The van der Waals surface area contributed by atoms with Crippen LogP contribution in [0, 0.1) is 0 Å². The molecule has 7 heteroatoms. The van der Waals surface area contributed by atoms with E-state index < -0.39 is 0 Å². The Labute approximate surface area is 146 Å². The molecule has 0 amide bonds. The average molecular weight is 351 g/mol. The van der Waals surface area contributed by atoms with Crippen LogP contribution in [0.5, 0.6) is 11.6 Å². The molecule has 3 rings (SSSR count). The number of nitrogens with zero attached hydrogens (tertiary/aromatic N) is 3. The van der Waals surface area contributed by atoms with Crippen LogP contribution in [0.2, 0.25) is 0 Å². The van der Waals surface area contributed by atoms with E-state index in [9.17, 15) is 5.11 Å². The van der Waals surface area contributed by atoms with Crippen LogP contribution in [0.15, 0.2) is 6.33 Å². The summed E-state index contributed by atoms with van der Waals surface area (Å²) in [7, 11) is 4.27. The van der Waals surface area contributed by atoms with Crippen molar-refractivity contribution in [3.05, 3.63) is 11.2 Å². The Balaban J connectivity index is 1.83. The van der Waals surface area contributed by atoms with Gasteiger partial charge >= 0.3 is 0 Å². The lowest BCUT2D eigenvalue weighted by molar-refractivity contribution is 0.0975. The third-order valence-electron chi connectivity index (χ3n) is 4.66. The zero-order chi connectivity index (χ0) is 17.1. The molecule has 0 aromatic carbocycles. The number of ether oxygens (including phenoxy) is 2. The van der Waals surface area contributed by atoms with Crippen LogP contribution in [0.3, 0.4) is 0 Å². The Bertz CT molecular complexity index is 681. The molecule has 0 atom stereocenters. The van der Waals surface area contributed by atoms with Crippen molar-refractivity contribution in [1.82, 2.24) is 14.9 Å². The number of rotatable bonds is 6. The van der Waals surface area contributed by atoms with Crippen molar-refractivity contribution in [2.24, 2.45) is 0 Å². The van der Waals surface area contributed by atoms with Crippen molar-refractivity contribution in [3.8, 4) is 11.6 Å². The second kappa shape index (κ2) is 7.63. The summed E-state index contributed by atoms with van der Waals surface area (Å²) in [6.45, 7) is 1.70. The number of thiophene rings is 1. The maximum atomic E-state index is 9.21. The molecular weight excluding hydrogens is 326 g/mol. The van der Waals surface area contributed by atoms with E-state index in [2.05, 4.69) is 35.9 Å². The van der Waals surface area contributed by atoms with E-state index in [1.54, 1.807) is 17.7 Å². The maximum absolute atomic E-state index is 9.21. The summed E-state index contributed by atoms with van der Waals surface area (Å²) in [5, 5.41) is 10.0. The van der Waals surface area contributed by atoms with Crippen LogP contribution in [-0.2, 0) is 6.42 Å². The third kappa shape index (κ3) is 3.48. The Morgan fingerprint density at radius 1 is 1.25 bits per heavy atom. The molecule has 2 aromatic rings. The molecule has 0 spiro atoms. The number of aliphatic hydroxyl groups is 1. The molecule has 0 aliphatic heterocycles. The average Bonchev–Trinajstić information content (AvgIpc) is 2.94. The predicted molar refractivity (Wildman–Crippen MR) is 94.9 cm³/mol. The minimum Gasteiger partial charge on any atom is -0.474 e. The van der Waals surface area contributed by atoms with Crippen LogP contribution in [0.25, 0.3) is 10.2 Å². The fourth-order valence-corrected chi connectivity index (χ4v) is 4.32. The van der Waals surface area contributed by atoms with Crippen LogP contribution >= 0.6 is 11.3 Å². The molecule has 1 N–H and O–H groups in total. The number of fused-ring (bicyclic) bond motifs is 1. The molecular formula is C17H25N3O3S. The summed E-state index contributed by atoms with van der Waals surface area (Å²) >= 11 is 1.57. The fourth-order valence-electron chi connectivity index (χ4n) is 3.31.